The fourth-order valence-electron chi connectivity index (χ4n) is 4.24. The fourth-order valence-corrected chi connectivity index (χ4v) is 4.24. The van der Waals surface area contributed by atoms with Crippen molar-refractivity contribution in [1.82, 2.24) is 10.2 Å². The molecule has 2 aliphatic rings. The van der Waals surface area contributed by atoms with Crippen LogP contribution in [-0.2, 0) is 31.2 Å². The van der Waals surface area contributed by atoms with Gasteiger partial charge in [0.15, 0.2) is 5.54 Å². The lowest BCUT2D eigenvalue weighted by atomic mass is 9.87. The molecule has 2 aliphatic heterocycles. The SMILES string of the molecule is CC(=O)N[C@@]1(CC(=O)N2CCOCC2)C(=O)N(Cc2ccccc2)c2ccccc21. The number of rotatable bonds is 5. The topological polar surface area (TPSA) is 79.0 Å². The summed E-state index contributed by atoms with van der Waals surface area (Å²) in [4.78, 5) is 42.4. The highest BCUT2D eigenvalue weighted by Gasteiger charge is 2.53. The maximum absolute atomic E-state index is 13.8. The van der Waals surface area contributed by atoms with Crippen molar-refractivity contribution in [1.29, 1.82) is 0 Å². The lowest BCUT2D eigenvalue weighted by Crippen LogP contribution is -2.55. The molecule has 2 aromatic rings. The highest BCUT2D eigenvalue weighted by atomic mass is 16.5. The van der Waals surface area contributed by atoms with E-state index in [4.69, 9.17) is 4.74 Å². The molecule has 1 atom stereocenters. The first-order chi connectivity index (χ1) is 14.5. The van der Waals surface area contributed by atoms with Gasteiger partial charge in [0.2, 0.25) is 11.8 Å². The Bertz CT molecular complexity index is 956. The van der Waals surface area contributed by atoms with E-state index >= 15 is 0 Å². The van der Waals surface area contributed by atoms with E-state index in [-0.39, 0.29) is 24.1 Å². The third-order valence-corrected chi connectivity index (χ3v) is 5.62. The maximum Gasteiger partial charge on any atom is 0.258 e. The molecule has 3 amide bonds. The minimum absolute atomic E-state index is 0.117. The summed E-state index contributed by atoms with van der Waals surface area (Å²) in [6.07, 6.45) is -0.117. The molecule has 1 fully saturated rings. The van der Waals surface area contributed by atoms with Crippen LogP contribution in [0, 0.1) is 0 Å². The van der Waals surface area contributed by atoms with Crippen LogP contribution in [0.1, 0.15) is 24.5 Å². The normalized spacial score (nSPS) is 20.8. The lowest BCUT2D eigenvalue weighted by Gasteiger charge is -2.33. The summed E-state index contributed by atoms with van der Waals surface area (Å²) in [5.74, 6) is -0.810. The zero-order chi connectivity index (χ0) is 21.1. The first-order valence-electron chi connectivity index (χ1n) is 10.1. The molecule has 1 N–H and O–H groups in total. The van der Waals surface area contributed by atoms with Crippen LogP contribution < -0.4 is 10.2 Å². The molecular weight excluding hydrogens is 382 g/mol. The molecule has 7 nitrogen and oxygen atoms in total. The van der Waals surface area contributed by atoms with Crippen LogP contribution in [0.2, 0.25) is 0 Å². The van der Waals surface area contributed by atoms with E-state index in [1.54, 1.807) is 9.80 Å². The number of carbonyl (C=O) groups is 3. The van der Waals surface area contributed by atoms with Crippen molar-refractivity contribution in [3.63, 3.8) is 0 Å². The Hall–Kier alpha value is -3.19. The van der Waals surface area contributed by atoms with Gasteiger partial charge in [-0.3, -0.25) is 14.4 Å². The second-order valence-electron chi connectivity index (χ2n) is 7.65. The van der Waals surface area contributed by atoms with Crippen molar-refractivity contribution in [3.8, 4) is 0 Å². The van der Waals surface area contributed by atoms with E-state index in [9.17, 15) is 14.4 Å². The van der Waals surface area contributed by atoms with E-state index in [1.807, 2.05) is 54.6 Å². The van der Waals surface area contributed by atoms with Gasteiger partial charge < -0.3 is 19.9 Å². The molecule has 0 aliphatic carbocycles. The smallest absolute Gasteiger partial charge is 0.258 e. The Balaban J connectivity index is 1.72. The standard InChI is InChI=1S/C23H25N3O4/c1-17(27)24-23(15-21(28)25-11-13-30-14-12-25)19-9-5-6-10-20(19)26(22(23)29)16-18-7-3-2-4-8-18/h2-10H,11-16H2,1H3,(H,24,27)/t23-/m1/s1. The largest absolute Gasteiger partial charge is 0.378 e. The van der Waals surface area contributed by atoms with E-state index < -0.39 is 5.54 Å². The average Bonchev–Trinajstić information content (AvgIpc) is 2.97. The summed E-state index contributed by atoms with van der Waals surface area (Å²) in [6.45, 7) is 3.66. The van der Waals surface area contributed by atoms with Crippen LogP contribution >= 0.6 is 0 Å². The molecular formula is C23H25N3O4. The van der Waals surface area contributed by atoms with Gasteiger partial charge in [-0.25, -0.2) is 0 Å². The number of morpholine rings is 1. The van der Waals surface area contributed by atoms with Gasteiger partial charge in [-0.05, 0) is 11.6 Å². The van der Waals surface area contributed by atoms with E-state index in [0.717, 1.165) is 11.3 Å². The molecule has 1 saturated heterocycles. The van der Waals surface area contributed by atoms with Crippen LogP contribution in [0.3, 0.4) is 0 Å². The lowest BCUT2D eigenvalue weighted by molar-refractivity contribution is -0.141. The summed E-state index contributed by atoms with van der Waals surface area (Å²) in [5, 5.41) is 2.84. The van der Waals surface area contributed by atoms with Gasteiger partial charge in [-0.15, -0.1) is 0 Å². The Morgan fingerprint density at radius 3 is 2.40 bits per heavy atom. The van der Waals surface area contributed by atoms with Gasteiger partial charge in [0.1, 0.15) is 0 Å². The van der Waals surface area contributed by atoms with Gasteiger partial charge in [-0.2, -0.15) is 0 Å². The molecule has 4 rings (SSSR count). The van der Waals surface area contributed by atoms with Crippen LogP contribution in [0.25, 0.3) is 0 Å². The summed E-state index contributed by atoms with van der Waals surface area (Å²) < 4.78 is 5.33. The number of anilines is 1. The fraction of sp³-hybridized carbons (Fsp3) is 0.348. The van der Waals surface area contributed by atoms with Crippen LogP contribution in [-0.4, -0.2) is 48.9 Å². The molecule has 2 heterocycles. The number of benzene rings is 2. The predicted octanol–water partition coefficient (Wildman–Crippen LogP) is 1.81. The van der Waals surface area contributed by atoms with Crippen LogP contribution in [0.4, 0.5) is 5.69 Å². The Morgan fingerprint density at radius 2 is 1.70 bits per heavy atom. The van der Waals surface area contributed by atoms with Crippen LogP contribution in [0.5, 0.6) is 0 Å². The van der Waals surface area contributed by atoms with Crippen LogP contribution in [0.15, 0.2) is 54.6 Å². The Kier molecular flexibility index (Phi) is 5.55. The number of hydrogen-bond donors (Lipinski definition) is 1. The van der Waals surface area contributed by atoms with Crippen molar-refractivity contribution in [3.05, 3.63) is 65.7 Å². The monoisotopic (exact) mass is 407 g/mol. The third kappa shape index (κ3) is 3.68. The molecule has 0 spiro atoms. The molecule has 7 heteroatoms. The van der Waals surface area contributed by atoms with Gasteiger partial charge in [0, 0.05) is 25.6 Å². The van der Waals surface area contributed by atoms with Gasteiger partial charge >= 0.3 is 0 Å². The number of ether oxygens (including phenoxy) is 1. The maximum atomic E-state index is 13.8. The number of nitrogens with zero attached hydrogens (tertiary/aromatic N) is 2. The third-order valence-electron chi connectivity index (χ3n) is 5.62. The van der Waals surface area contributed by atoms with Crippen molar-refractivity contribution in [2.45, 2.75) is 25.4 Å². The number of carbonyl (C=O) groups excluding carboxylic acids is 3. The van der Waals surface area contributed by atoms with E-state index in [1.165, 1.54) is 6.92 Å². The van der Waals surface area contributed by atoms with E-state index in [2.05, 4.69) is 5.32 Å². The quantitative estimate of drug-likeness (QED) is 0.820. The minimum atomic E-state index is -1.41. The molecule has 0 radical (unpaired) electrons. The zero-order valence-electron chi connectivity index (χ0n) is 17.0. The second-order valence-corrected chi connectivity index (χ2v) is 7.65. The Labute approximate surface area is 175 Å². The number of amides is 3. The summed E-state index contributed by atoms with van der Waals surface area (Å²) in [5.41, 5.74) is 0.934. The summed E-state index contributed by atoms with van der Waals surface area (Å²) >= 11 is 0. The summed E-state index contributed by atoms with van der Waals surface area (Å²) in [6, 6.07) is 17.0. The molecule has 0 unspecified atom stereocenters. The molecule has 156 valence electrons. The second kappa shape index (κ2) is 8.28. The van der Waals surface area contributed by atoms with Crippen molar-refractivity contribution < 1.29 is 19.1 Å². The molecule has 0 bridgehead atoms. The average molecular weight is 407 g/mol. The van der Waals surface area contributed by atoms with Gasteiger partial charge in [0.05, 0.1) is 31.9 Å². The molecule has 0 aromatic heterocycles. The summed E-state index contributed by atoms with van der Waals surface area (Å²) in [7, 11) is 0. The zero-order valence-corrected chi connectivity index (χ0v) is 17.0. The number of para-hydroxylation sites is 1. The number of hydrogen-bond acceptors (Lipinski definition) is 4. The number of fused-ring (bicyclic) bond motifs is 1. The van der Waals surface area contributed by atoms with E-state index in [0.29, 0.717) is 38.4 Å². The first-order valence-corrected chi connectivity index (χ1v) is 10.1. The van der Waals surface area contributed by atoms with Crippen molar-refractivity contribution >= 4 is 23.4 Å². The first kappa shape index (κ1) is 20.1. The molecule has 30 heavy (non-hydrogen) atoms. The van der Waals surface area contributed by atoms with Crippen molar-refractivity contribution in [2.24, 2.45) is 0 Å². The highest BCUT2D eigenvalue weighted by Crippen LogP contribution is 2.43. The van der Waals surface area contributed by atoms with Gasteiger partial charge in [-0.1, -0.05) is 48.5 Å². The van der Waals surface area contributed by atoms with Crippen molar-refractivity contribution in [2.75, 3.05) is 31.2 Å². The predicted molar refractivity (Wildman–Crippen MR) is 112 cm³/mol. The highest BCUT2D eigenvalue weighted by molar-refractivity contribution is 6.11. The minimum Gasteiger partial charge on any atom is -0.378 e. The Morgan fingerprint density at radius 1 is 1.03 bits per heavy atom. The number of nitrogens with one attached hydrogen (secondary N) is 1. The molecule has 0 saturated carbocycles. The molecule has 2 aromatic carbocycles. The van der Waals surface area contributed by atoms with Gasteiger partial charge in [0.25, 0.3) is 5.91 Å².